The summed E-state index contributed by atoms with van der Waals surface area (Å²) in [5.74, 6) is -0.0884. The normalized spacial score (nSPS) is 18.4. The molecule has 1 saturated heterocycles. The smallest absolute Gasteiger partial charge is 0.243 e. The van der Waals surface area contributed by atoms with Crippen LogP contribution in [-0.2, 0) is 24.8 Å². The lowest BCUT2D eigenvalue weighted by atomic mass is 10.4. The van der Waals surface area contributed by atoms with Gasteiger partial charge in [-0.15, -0.1) is 0 Å². The summed E-state index contributed by atoms with van der Waals surface area (Å²) >= 11 is 0. The van der Waals surface area contributed by atoms with E-state index in [4.69, 9.17) is 4.74 Å². The minimum atomic E-state index is -3.56. The van der Waals surface area contributed by atoms with E-state index in [-0.39, 0.29) is 43.4 Å². The average Bonchev–Trinajstić information content (AvgIpc) is 2.54. The Morgan fingerprint density at radius 2 is 1.50 bits per heavy atom. The summed E-state index contributed by atoms with van der Waals surface area (Å²) in [5.41, 5.74) is 0. The molecule has 1 aromatic carbocycles. The van der Waals surface area contributed by atoms with Crippen LogP contribution in [0.1, 0.15) is 0 Å². The van der Waals surface area contributed by atoms with Crippen molar-refractivity contribution in [3.63, 3.8) is 0 Å². The van der Waals surface area contributed by atoms with Gasteiger partial charge < -0.3 is 4.74 Å². The first-order valence-corrected chi connectivity index (χ1v) is 9.95. The monoisotopic (exact) mass is 348 g/mol. The standard InChI is InChI=1S/C13H20N2O5S2/c1-20-11-12-21(16,17)14-7-9-15(10-8-14)22(18,19)13-5-3-2-4-6-13/h2-6H,7-12H2,1H3. The van der Waals surface area contributed by atoms with Crippen molar-refractivity contribution in [2.75, 3.05) is 45.6 Å². The number of piperazine rings is 1. The molecule has 1 aromatic rings. The van der Waals surface area contributed by atoms with Crippen molar-refractivity contribution >= 4 is 20.0 Å². The lowest BCUT2D eigenvalue weighted by Gasteiger charge is -2.33. The maximum Gasteiger partial charge on any atom is 0.243 e. The zero-order valence-electron chi connectivity index (χ0n) is 12.4. The second-order valence-electron chi connectivity index (χ2n) is 4.92. The van der Waals surface area contributed by atoms with E-state index in [1.54, 1.807) is 18.2 Å². The Morgan fingerprint density at radius 3 is 2.05 bits per heavy atom. The van der Waals surface area contributed by atoms with E-state index in [1.165, 1.54) is 27.9 Å². The first-order valence-electron chi connectivity index (χ1n) is 6.90. The molecule has 2 rings (SSSR count). The van der Waals surface area contributed by atoms with Gasteiger partial charge in [0, 0.05) is 33.3 Å². The van der Waals surface area contributed by atoms with Gasteiger partial charge in [-0.05, 0) is 12.1 Å². The van der Waals surface area contributed by atoms with Crippen molar-refractivity contribution in [3.05, 3.63) is 30.3 Å². The number of rotatable bonds is 6. The fourth-order valence-corrected chi connectivity index (χ4v) is 5.05. The number of nitrogens with zero attached hydrogens (tertiary/aromatic N) is 2. The van der Waals surface area contributed by atoms with Gasteiger partial charge in [-0.3, -0.25) is 0 Å². The van der Waals surface area contributed by atoms with Crippen molar-refractivity contribution in [3.8, 4) is 0 Å². The largest absolute Gasteiger partial charge is 0.384 e. The third-order valence-corrected chi connectivity index (χ3v) is 7.26. The van der Waals surface area contributed by atoms with E-state index < -0.39 is 20.0 Å². The molecule has 7 nitrogen and oxygen atoms in total. The highest BCUT2D eigenvalue weighted by atomic mass is 32.2. The maximum atomic E-state index is 12.5. The van der Waals surface area contributed by atoms with E-state index in [0.717, 1.165) is 0 Å². The van der Waals surface area contributed by atoms with Gasteiger partial charge in [0.1, 0.15) is 0 Å². The molecule has 0 atom stereocenters. The van der Waals surface area contributed by atoms with Gasteiger partial charge in [0.25, 0.3) is 0 Å². The van der Waals surface area contributed by atoms with Crippen LogP contribution in [0.4, 0.5) is 0 Å². The van der Waals surface area contributed by atoms with Gasteiger partial charge in [0.2, 0.25) is 20.0 Å². The second-order valence-corrected chi connectivity index (χ2v) is 8.95. The lowest BCUT2D eigenvalue weighted by Crippen LogP contribution is -2.51. The van der Waals surface area contributed by atoms with Gasteiger partial charge in [-0.1, -0.05) is 18.2 Å². The molecule has 1 heterocycles. The minimum absolute atomic E-state index is 0.0884. The molecule has 0 aliphatic carbocycles. The van der Waals surface area contributed by atoms with E-state index in [2.05, 4.69) is 0 Å². The van der Waals surface area contributed by atoms with E-state index >= 15 is 0 Å². The number of sulfonamides is 2. The quantitative estimate of drug-likeness (QED) is 0.721. The Morgan fingerprint density at radius 1 is 0.955 bits per heavy atom. The fraction of sp³-hybridized carbons (Fsp3) is 0.538. The summed E-state index contributed by atoms with van der Waals surface area (Å²) < 4.78 is 56.4. The lowest BCUT2D eigenvalue weighted by molar-refractivity contribution is 0.213. The summed E-state index contributed by atoms with van der Waals surface area (Å²) in [5, 5.41) is 0. The Kier molecular flexibility index (Phi) is 5.56. The summed E-state index contributed by atoms with van der Waals surface area (Å²) in [6, 6.07) is 8.16. The first kappa shape index (κ1) is 17.4. The minimum Gasteiger partial charge on any atom is -0.384 e. The molecule has 0 radical (unpaired) electrons. The number of methoxy groups -OCH3 is 1. The van der Waals surface area contributed by atoms with E-state index in [9.17, 15) is 16.8 Å². The molecule has 0 spiro atoms. The second kappa shape index (κ2) is 7.05. The van der Waals surface area contributed by atoms with Crippen LogP contribution >= 0.6 is 0 Å². The van der Waals surface area contributed by atoms with Crippen molar-refractivity contribution < 1.29 is 21.6 Å². The van der Waals surface area contributed by atoms with Crippen LogP contribution in [0.25, 0.3) is 0 Å². The zero-order chi connectivity index (χ0) is 16.2. The Balaban J connectivity index is 2.04. The third-order valence-electron chi connectivity index (χ3n) is 3.52. The molecule has 0 amide bonds. The SMILES string of the molecule is COCCS(=O)(=O)N1CCN(S(=O)(=O)c2ccccc2)CC1. The summed E-state index contributed by atoms with van der Waals surface area (Å²) in [7, 11) is -5.51. The predicted octanol–water partition coefficient (Wildman–Crippen LogP) is -0.0309. The Labute approximate surface area is 131 Å². The molecule has 22 heavy (non-hydrogen) atoms. The molecular formula is C13H20N2O5S2. The maximum absolute atomic E-state index is 12.5. The highest BCUT2D eigenvalue weighted by Gasteiger charge is 2.32. The average molecular weight is 348 g/mol. The van der Waals surface area contributed by atoms with Crippen LogP contribution in [0.2, 0.25) is 0 Å². The molecule has 1 aliphatic heterocycles. The van der Waals surface area contributed by atoms with Gasteiger partial charge in [0.15, 0.2) is 0 Å². The van der Waals surface area contributed by atoms with Crippen LogP contribution in [0, 0.1) is 0 Å². The van der Waals surface area contributed by atoms with Crippen LogP contribution < -0.4 is 0 Å². The highest BCUT2D eigenvalue weighted by molar-refractivity contribution is 7.89. The zero-order valence-corrected chi connectivity index (χ0v) is 14.0. The number of benzene rings is 1. The van der Waals surface area contributed by atoms with E-state index in [1.807, 2.05) is 0 Å². The molecule has 124 valence electrons. The number of hydrogen-bond donors (Lipinski definition) is 0. The van der Waals surface area contributed by atoms with Crippen molar-refractivity contribution in [1.29, 1.82) is 0 Å². The van der Waals surface area contributed by atoms with Crippen LogP contribution in [0.3, 0.4) is 0 Å². The molecular weight excluding hydrogens is 328 g/mol. The molecule has 0 N–H and O–H groups in total. The molecule has 9 heteroatoms. The van der Waals surface area contributed by atoms with Gasteiger partial charge in [-0.2, -0.15) is 8.61 Å². The van der Waals surface area contributed by atoms with Gasteiger partial charge in [0.05, 0.1) is 17.3 Å². The fourth-order valence-electron chi connectivity index (χ4n) is 2.25. The van der Waals surface area contributed by atoms with Crippen molar-refractivity contribution in [1.82, 2.24) is 8.61 Å². The number of ether oxygens (including phenoxy) is 1. The molecule has 0 aromatic heterocycles. The third kappa shape index (κ3) is 3.85. The summed E-state index contributed by atoms with van der Waals surface area (Å²) in [6.07, 6.45) is 0. The van der Waals surface area contributed by atoms with Crippen molar-refractivity contribution in [2.24, 2.45) is 0 Å². The molecule has 0 unspecified atom stereocenters. The van der Waals surface area contributed by atoms with Gasteiger partial charge in [-0.25, -0.2) is 16.8 Å². The molecule has 0 saturated carbocycles. The Bertz CT molecular complexity index is 680. The predicted molar refractivity (Wildman–Crippen MR) is 82.4 cm³/mol. The van der Waals surface area contributed by atoms with Crippen LogP contribution in [-0.4, -0.2) is 71.1 Å². The molecule has 0 bridgehead atoms. The topological polar surface area (TPSA) is 84.0 Å². The van der Waals surface area contributed by atoms with Gasteiger partial charge >= 0.3 is 0 Å². The summed E-state index contributed by atoms with van der Waals surface area (Å²) in [4.78, 5) is 0.227. The Hall–Kier alpha value is -1.00. The first-order chi connectivity index (χ1) is 10.4. The van der Waals surface area contributed by atoms with Crippen molar-refractivity contribution in [2.45, 2.75) is 4.90 Å². The number of hydrogen-bond acceptors (Lipinski definition) is 5. The van der Waals surface area contributed by atoms with E-state index in [0.29, 0.717) is 0 Å². The molecule has 1 aliphatic rings. The molecule has 1 fully saturated rings. The van der Waals surface area contributed by atoms with Crippen LogP contribution in [0.15, 0.2) is 35.2 Å². The highest BCUT2D eigenvalue weighted by Crippen LogP contribution is 2.18. The van der Waals surface area contributed by atoms with Crippen LogP contribution in [0.5, 0.6) is 0 Å². The summed E-state index contributed by atoms with van der Waals surface area (Å²) in [6.45, 7) is 0.772.